The lowest BCUT2D eigenvalue weighted by Crippen LogP contribution is -2.34. The Kier molecular flexibility index (Phi) is 4.60. The Labute approximate surface area is 156 Å². The average Bonchev–Trinajstić information content (AvgIpc) is 3.02. The normalized spacial score (nSPS) is 11.7. The first-order chi connectivity index (χ1) is 12.7. The molecule has 2 heterocycles. The van der Waals surface area contributed by atoms with Crippen LogP contribution in [0.3, 0.4) is 0 Å². The molecule has 0 fully saturated rings. The highest BCUT2D eigenvalue weighted by Crippen LogP contribution is 2.31. The summed E-state index contributed by atoms with van der Waals surface area (Å²) in [6, 6.07) is 3.34. The van der Waals surface area contributed by atoms with Crippen LogP contribution in [-0.2, 0) is 10.0 Å². The lowest BCUT2D eigenvalue weighted by atomic mass is 10.0. The van der Waals surface area contributed by atoms with Crippen LogP contribution in [-0.4, -0.2) is 45.6 Å². The van der Waals surface area contributed by atoms with E-state index < -0.39 is 21.1 Å². The Bertz CT molecular complexity index is 1150. The molecule has 3 rings (SSSR count). The topological polar surface area (TPSA) is 118 Å². The zero-order valence-electron chi connectivity index (χ0n) is 15.3. The molecule has 0 atom stereocenters. The number of rotatable bonds is 5. The fraction of sp³-hybridized carbons (Fsp3) is 0.294. The summed E-state index contributed by atoms with van der Waals surface area (Å²) in [5, 5.41) is 13.2. The minimum atomic E-state index is -4.19. The van der Waals surface area contributed by atoms with E-state index in [-0.39, 0.29) is 23.6 Å². The highest BCUT2D eigenvalue weighted by Gasteiger charge is 2.33. The summed E-state index contributed by atoms with van der Waals surface area (Å²) in [5.41, 5.74) is 1.86. The standard InChI is InChI=1S/C17H19N5O4S/c1-5-22(14-12(4)7-6-11(3)13(14)15(23)24)27(25,26)17-19-16-18-8-10(2)9-21(16)20-17/h6-9H,5H2,1-4H3,(H,23,24). The van der Waals surface area contributed by atoms with Crippen LogP contribution in [0, 0.1) is 20.8 Å². The molecular formula is C17H19N5O4S. The maximum Gasteiger partial charge on any atom is 0.338 e. The summed E-state index contributed by atoms with van der Waals surface area (Å²) in [5.74, 6) is -1.05. The average molecular weight is 389 g/mol. The highest BCUT2D eigenvalue weighted by atomic mass is 32.2. The molecule has 0 amide bonds. The second-order valence-corrected chi connectivity index (χ2v) is 7.92. The molecule has 0 aliphatic rings. The van der Waals surface area contributed by atoms with E-state index in [0.29, 0.717) is 11.1 Å². The van der Waals surface area contributed by atoms with Crippen molar-refractivity contribution in [3.05, 3.63) is 46.8 Å². The summed E-state index contributed by atoms with van der Waals surface area (Å²) in [6.45, 7) is 6.75. The third-order valence-corrected chi connectivity index (χ3v) is 5.82. The van der Waals surface area contributed by atoms with E-state index in [1.165, 1.54) is 4.52 Å². The first-order valence-electron chi connectivity index (χ1n) is 8.22. The molecule has 0 spiro atoms. The van der Waals surface area contributed by atoms with E-state index in [1.807, 2.05) is 0 Å². The maximum atomic E-state index is 13.2. The number of aromatic nitrogens is 4. The fourth-order valence-electron chi connectivity index (χ4n) is 2.90. The molecular weight excluding hydrogens is 370 g/mol. The molecule has 0 saturated carbocycles. The van der Waals surface area contributed by atoms with Gasteiger partial charge in [-0.1, -0.05) is 12.1 Å². The molecule has 2 aromatic heterocycles. The van der Waals surface area contributed by atoms with E-state index in [4.69, 9.17) is 0 Å². The monoisotopic (exact) mass is 389 g/mol. The minimum absolute atomic E-state index is 0.0227. The molecule has 0 radical (unpaired) electrons. The molecule has 0 aliphatic heterocycles. The van der Waals surface area contributed by atoms with E-state index in [1.54, 1.807) is 52.2 Å². The van der Waals surface area contributed by atoms with Crippen LogP contribution < -0.4 is 4.31 Å². The van der Waals surface area contributed by atoms with E-state index in [2.05, 4.69) is 15.1 Å². The maximum absolute atomic E-state index is 13.2. The van der Waals surface area contributed by atoms with Gasteiger partial charge in [0.1, 0.15) is 0 Å². The SMILES string of the molecule is CCN(c1c(C)ccc(C)c1C(=O)O)S(=O)(=O)c1nc2ncc(C)cn2n1. The highest BCUT2D eigenvalue weighted by molar-refractivity contribution is 7.92. The number of carbonyl (C=O) groups is 1. The van der Waals surface area contributed by atoms with Crippen molar-refractivity contribution in [3.63, 3.8) is 0 Å². The number of hydrogen-bond acceptors (Lipinski definition) is 6. The number of sulfonamides is 1. The van der Waals surface area contributed by atoms with E-state index in [9.17, 15) is 18.3 Å². The van der Waals surface area contributed by atoms with Gasteiger partial charge in [-0.25, -0.2) is 14.3 Å². The van der Waals surface area contributed by atoms with Crippen LogP contribution in [0.15, 0.2) is 29.7 Å². The number of carboxylic acids is 1. The number of fused-ring (bicyclic) bond motifs is 1. The first-order valence-corrected chi connectivity index (χ1v) is 9.66. The second-order valence-electron chi connectivity index (χ2n) is 6.17. The first kappa shape index (κ1) is 18.8. The number of benzene rings is 1. The molecule has 1 N–H and O–H groups in total. The van der Waals surface area contributed by atoms with Gasteiger partial charge >= 0.3 is 16.0 Å². The lowest BCUT2D eigenvalue weighted by molar-refractivity contribution is 0.0697. The van der Waals surface area contributed by atoms with Crippen LogP contribution >= 0.6 is 0 Å². The third-order valence-electron chi connectivity index (χ3n) is 4.16. The molecule has 0 aliphatic carbocycles. The van der Waals surface area contributed by atoms with Crippen LogP contribution in [0.25, 0.3) is 5.78 Å². The van der Waals surface area contributed by atoms with Gasteiger partial charge in [-0.3, -0.25) is 4.31 Å². The minimum Gasteiger partial charge on any atom is -0.478 e. The number of nitrogens with zero attached hydrogens (tertiary/aromatic N) is 5. The summed E-state index contributed by atoms with van der Waals surface area (Å²) < 4.78 is 28.8. The smallest absolute Gasteiger partial charge is 0.338 e. The van der Waals surface area contributed by atoms with E-state index >= 15 is 0 Å². The van der Waals surface area contributed by atoms with Crippen molar-refractivity contribution in [1.82, 2.24) is 19.6 Å². The van der Waals surface area contributed by atoms with E-state index in [0.717, 1.165) is 9.87 Å². The summed E-state index contributed by atoms with van der Waals surface area (Å²) in [7, 11) is -4.19. The van der Waals surface area contributed by atoms with Gasteiger partial charge in [-0.15, -0.1) is 5.10 Å². The predicted molar refractivity (Wildman–Crippen MR) is 98.6 cm³/mol. The Morgan fingerprint density at radius 3 is 2.52 bits per heavy atom. The molecule has 142 valence electrons. The Morgan fingerprint density at radius 2 is 1.89 bits per heavy atom. The lowest BCUT2D eigenvalue weighted by Gasteiger charge is -2.25. The summed E-state index contributed by atoms with van der Waals surface area (Å²) in [4.78, 5) is 19.9. The van der Waals surface area contributed by atoms with Crippen LogP contribution in [0.2, 0.25) is 0 Å². The van der Waals surface area contributed by atoms with Crippen molar-refractivity contribution < 1.29 is 18.3 Å². The van der Waals surface area contributed by atoms with Gasteiger partial charge in [0.2, 0.25) is 0 Å². The predicted octanol–water partition coefficient (Wildman–Crippen LogP) is 1.96. The number of anilines is 1. The zero-order valence-corrected chi connectivity index (χ0v) is 16.1. The van der Waals surface area contributed by atoms with Gasteiger partial charge in [-0.05, 0) is 44.4 Å². The van der Waals surface area contributed by atoms with Gasteiger partial charge in [0, 0.05) is 18.9 Å². The molecule has 0 saturated heterocycles. The molecule has 0 bridgehead atoms. The number of carboxylic acid groups (broad SMARTS) is 1. The fourth-order valence-corrected chi connectivity index (χ4v) is 4.30. The summed E-state index contributed by atoms with van der Waals surface area (Å²) >= 11 is 0. The Hall–Kier alpha value is -3.01. The van der Waals surface area contributed by atoms with Crippen molar-refractivity contribution in [3.8, 4) is 0 Å². The Morgan fingerprint density at radius 1 is 1.22 bits per heavy atom. The summed E-state index contributed by atoms with van der Waals surface area (Å²) in [6.07, 6.45) is 3.18. The van der Waals surface area contributed by atoms with Crippen molar-refractivity contribution in [2.45, 2.75) is 32.9 Å². The van der Waals surface area contributed by atoms with Crippen molar-refractivity contribution in [1.29, 1.82) is 0 Å². The third kappa shape index (κ3) is 3.12. The van der Waals surface area contributed by atoms with Crippen molar-refractivity contribution in [2.24, 2.45) is 0 Å². The van der Waals surface area contributed by atoms with Gasteiger partial charge in [0.25, 0.3) is 10.9 Å². The number of aryl methyl sites for hydroxylation is 3. The number of hydrogen-bond donors (Lipinski definition) is 1. The van der Waals surface area contributed by atoms with Gasteiger partial charge < -0.3 is 5.11 Å². The quantitative estimate of drug-likeness (QED) is 0.708. The van der Waals surface area contributed by atoms with Crippen LogP contribution in [0.1, 0.15) is 34.0 Å². The molecule has 1 aromatic carbocycles. The van der Waals surface area contributed by atoms with Crippen LogP contribution in [0.5, 0.6) is 0 Å². The molecule has 0 unspecified atom stereocenters. The van der Waals surface area contributed by atoms with Gasteiger partial charge in [0.05, 0.1) is 11.3 Å². The Balaban J connectivity index is 2.23. The largest absolute Gasteiger partial charge is 0.478 e. The van der Waals surface area contributed by atoms with Crippen molar-refractivity contribution in [2.75, 3.05) is 10.8 Å². The van der Waals surface area contributed by atoms with Gasteiger partial charge in [0.15, 0.2) is 0 Å². The molecule has 9 nitrogen and oxygen atoms in total. The van der Waals surface area contributed by atoms with Crippen molar-refractivity contribution >= 4 is 27.5 Å². The zero-order chi connectivity index (χ0) is 19.9. The molecule has 27 heavy (non-hydrogen) atoms. The number of aromatic carboxylic acids is 1. The van der Waals surface area contributed by atoms with Crippen LogP contribution in [0.4, 0.5) is 5.69 Å². The molecule has 10 heteroatoms. The second kappa shape index (κ2) is 6.62. The van der Waals surface area contributed by atoms with Gasteiger partial charge in [-0.2, -0.15) is 13.4 Å². The molecule has 3 aromatic rings.